The van der Waals surface area contributed by atoms with E-state index in [4.69, 9.17) is 0 Å². The molecule has 0 fully saturated rings. The van der Waals surface area contributed by atoms with Crippen molar-refractivity contribution in [1.82, 2.24) is 19.5 Å². The molecule has 0 bridgehead atoms. The van der Waals surface area contributed by atoms with Crippen LogP contribution in [0.15, 0.2) is 52.2 Å². The highest BCUT2D eigenvalue weighted by Gasteiger charge is 2.32. The topological polar surface area (TPSA) is 133 Å². The first-order chi connectivity index (χ1) is 16.0. The van der Waals surface area contributed by atoms with Crippen LogP contribution in [-0.2, 0) is 12.6 Å². The number of hydrogen-bond acceptors (Lipinski definition) is 7. The van der Waals surface area contributed by atoms with Crippen molar-refractivity contribution in [1.29, 1.82) is 0 Å². The number of aromatic nitrogens is 4. The number of phenolic OH excluding ortho intramolecular Hbond substituents is 2. The summed E-state index contributed by atoms with van der Waals surface area (Å²) in [6, 6.07) is 7.59. The van der Waals surface area contributed by atoms with Crippen molar-refractivity contribution in [3.05, 3.63) is 80.1 Å². The fourth-order valence-corrected chi connectivity index (χ4v) is 3.42. The Morgan fingerprint density at radius 1 is 1.09 bits per heavy atom. The molecular formula is C22H18F3N5O4. The van der Waals surface area contributed by atoms with Gasteiger partial charge in [-0.2, -0.15) is 18.2 Å². The van der Waals surface area contributed by atoms with Crippen molar-refractivity contribution < 1.29 is 23.4 Å². The minimum atomic E-state index is -4.64. The highest BCUT2D eigenvalue weighted by Crippen LogP contribution is 2.32. The molecule has 0 aliphatic heterocycles. The van der Waals surface area contributed by atoms with Gasteiger partial charge in [0.25, 0.3) is 5.56 Å². The van der Waals surface area contributed by atoms with E-state index in [2.05, 4.69) is 20.3 Å². The third-order valence-corrected chi connectivity index (χ3v) is 5.17. The van der Waals surface area contributed by atoms with Crippen LogP contribution in [0.1, 0.15) is 16.7 Å². The van der Waals surface area contributed by atoms with Gasteiger partial charge in [0.15, 0.2) is 17.1 Å². The summed E-state index contributed by atoms with van der Waals surface area (Å²) in [5.74, 6) is -0.369. The van der Waals surface area contributed by atoms with E-state index in [0.717, 1.165) is 11.6 Å². The molecule has 0 aliphatic rings. The Morgan fingerprint density at radius 2 is 1.85 bits per heavy atom. The number of alkyl halides is 3. The fraction of sp³-hybridized carbons (Fsp3) is 0.182. The summed E-state index contributed by atoms with van der Waals surface area (Å²) in [7, 11) is 0. The van der Waals surface area contributed by atoms with Gasteiger partial charge in [-0.3, -0.25) is 9.78 Å². The summed E-state index contributed by atoms with van der Waals surface area (Å²) in [5.41, 5.74) is -2.37. The van der Waals surface area contributed by atoms with Gasteiger partial charge < -0.3 is 15.5 Å². The SMILES string of the molecule is Cc1ccc(-n2c(=O)[nH]c3nc(NCCc4ccc(O)c(O)c4)ncc3c2=O)cc1C(F)(F)F. The molecule has 4 rings (SSSR count). The van der Waals surface area contributed by atoms with E-state index in [1.165, 1.54) is 37.4 Å². The van der Waals surface area contributed by atoms with Crippen LogP contribution in [0.4, 0.5) is 19.1 Å². The van der Waals surface area contributed by atoms with Crippen molar-refractivity contribution in [2.24, 2.45) is 0 Å². The molecule has 12 heteroatoms. The quantitative estimate of drug-likeness (QED) is 0.328. The molecule has 4 N–H and O–H groups in total. The van der Waals surface area contributed by atoms with E-state index in [1.54, 1.807) is 6.07 Å². The summed E-state index contributed by atoms with van der Waals surface area (Å²) < 4.78 is 40.4. The maximum Gasteiger partial charge on any atom is 0.416 e. The van der Waals surface area contributed by atoms with Crippen LogP contribution < -0.4 is 16.6 Å². The number of nitrogens with one attached hydrogen (secondary N) is 2. The molecule has 4 aromatic rings. The molecule has 0 radical (unpaired) electrons. The highest BCUT2D eigenvalue weighted by atomic mass is 19.4. The number of aromatic hydroxyl groups is 2. The molecule has 0 aliphatic carbocycles. The fourth-order valence-electron chi connectivity index (χ4n) is 3.42. The number of fused-ring (bicyclic) bond motifs is 1. The number of aromatic amines is 1. The van der Waals surface area contributed by atoms with Crippen LogP contribution in [0.3, 0.4) is 0 Å². The number of phenols is 2. The zero-order valence-electron chi connectivity index (χ0n) is 17.6. The maximum absolute atomic E-state index is 13.3. The van der Waals surface area contributed by atoms with Crippen LogP contribution in [0, 0.1) is 6.92 Å². The lowest BCUT2D eigenvalue weighted by atomic mass is 10.1. The molecule has 2 aromatic heterocycles. The predicted molar refractivity (Wildman–Crippen MR) is 117 cm³/mol. The molecule has 9 nitrogen and oxygen atoms in total. The van der Waals surface area contributed by atoms with Crippen LogP contribution >= 0.6 is 0 Å². The van der Waals surface area contributed by atoms with Crippen LogP contribution in [0.5, 0.6) is 11.5 Å². The smallest absolute Gasteiger partial charge is 0.416 e. The van der Waals surface area contributed by atoms with Gasteiger partial charge in [0.05, 0.1) is 11.3 Å². The van der Waals surface area contributed by atoms with Crippen molar-refractivity contribution in [3.8, 4) is 17.2 Å². The standard InChI is InChI=1S/C22H18F3N5O4/c1-11-2-4-13(9-15(11)22(23,24)25)30-19(33)14-10-27-20(28-18(14)29-21(30)34)26-7-6-12-3-5-16(31)17(32)8-12/h2-5,8-10,31-32H,6-7H2,1H3,(H2,26,27,28,29,34). The van der Waals surface area contributed by atoms with Gasteiger partial charge in [0.2, 0.25) is 5.95 Å². The number of nitrogens with zero attached hydrogens (tertiary/aromatic N) is 3. The van der Waals surface area contributed by atoms with Gasteiger partial charge in [-0.1, -0.05) is 12.1 Å². The van der Waals surface area contributed by atoms with Crippen LogP contribution in [-0.4, -0.2) is 36.3 Å². The normalized spacial score (nSPS) is 11.6. The van der Waals surface area contributed by atoms with Crippen molar-refractivity contribution in [2.45, 2.75) is 19.5 Å². The summed E-state index contributed by atoms with van der Waals surface area (Å²) >= 11 is 0. The molecule has 2 heterocycles. The molecule has 0 amide bonds. The highest BCUT2D eigenvalue weighted by molar-refractivity contribution is 5.73. The number of halogens is 3. The second-order valence-electron chi connectivity index (χ2n) is 7.52. The number of benzene rings is 2. The van der Waals surface area contributed by atoms with E-state index in [-0.39, 0.29) is 39.7 Å². The lowest BCUT2D eigenvalue weighted by Gasteiger charge is -2.13. The number of anilines is 1. The van der Waals surface area contributed by atoms with Gasteiger partial charge in [0, 0.05) is 12.7 Å². The molecule has 0 spiro atoms. The Labute approximate surface area is 189 Å². The lowest BCUT2D eigenvalue weighted by molar-refractivity contribution is -0.138. The van der Waals surface area contributed by atoms with Gasteiger partial charge in [-0.15, -0.1) is 0 Å². The van der Waals surface area contributed by atoms with E-state index in [1.807, 2.05) is 0 Å². The average Bonchev–Trinajstić information content (AvgIpc) is 2.76. The van der Waals surface area contributed by atoms with Crippen molar-refractivity contribution in [3.63, 3.8) is 0 Å². The summed E-state index contributed by atoms with van der Waals surface area (Å²) in [5, 5.41) is 21.7. The van der Waals surface area contributed by atoms with Crippen molar-refractivity contribution in [2.75, 3.05) is 11.9 Å². The molecule has 0 unspecified atom stereocenters. The predicted octanol–water partition coefficient (Wildman–Crippen LogP) is 2.86. The number of aryl methyl sites for hydroxylation is 1. The van der Waals surface area contributed by atoms with E-state index < -0.39 is 23.0 Å². The monoisotopic (exact) mass is 473 g/mol. The van der Waals surface area contributed by atoms with Gasteiger partial charge in [-0.05, 0) is 48.7 Å². The minimum Gasteiger partial charge on any atom is -0.504 e. The minimum absolute atomic E-state index is 0.0388. The molecule has 34 heavy (non-hydrogen) atoms. The molecule has 0 atom stereocenters. The Hall–Kier alpha value is -4.35. The third-order valence-electron chi connectivity index (χ3n) is 5.17. The second-order valence-corrected chi connectivity index (χ2v) is 7.52. The Bertz CT molecular complexity index is 1510. The molecule has 0 saturated heterocycles. The van der Waals surface area contributed by atoms with E-state index in [0.29, 0.717) is 17.5 Å². The van der Waals surface area contributed by atoms with Crippen LogP contribution in [0.2, 0.25) is 0 Å². The third kappa shape index (κ3) is 4.42. The number of rotatable bonds is 5. The largest absolute Gasteiger partial charge is 0.504 e. The molecular weight excluding hydrogens is 455 g/mol. The molecule has 176 valence electrons. The average molecular weight is 473 g/mol. The zero-order chi connectivity index (χ0) is 24.6. The second kappa shape index (κ2) is 8.54. The summed E-state index contributed by atoms with van der Waals surface area (Å²) in [6.45, 7) is 1.62. The van der Waals surface area contributed by atoms with Crippen molar-refractivity contribution >= 4 is 17.0 Å². The Morgan fingerprint density at radius 3 is 2.56 bits per heavy atom. The molecule has 2 aromatic carbocycles. The van der Waals surface area contributed by atoms with Gasteiger partial charge in [0.1, 0.15) is 5.39 Å². The first-order valence-corrected chi connectivity index (χ1v) is 9.99. The van der Waals surface area contributed by atoms with Gasteiger partial charge in [-0.25, -0.2) is 14.3 Å². The maximum atomic E-state index is 13.3. The zero-order valence-corrected chi connectivity index (χ0v) is 17.6. The Balaban J connectivity index is 1.62. The van der Waals surface area contributed by atoms with Crippen LogP contribution in [0.25, 0.3) is 16.7 Å². The lowest BCUT2D eigenvalue weighted by Crippen LogP contribution is -2.34. The summed E-state index contributed by atoms with van der Waals surface area (Å²) in [6.07, 6.45) is -3.02. The first-order valence-electron chi connectivity index (χ1n) is 9.99. The number of hydrogen-bond donors (Lipinski definition) is 4. The molecule has 0 saturated carbocycles. The van der Waals surface area contributed by atoms with E-state index >= 15 is 0 Å². The summed E-state index contributed by atoms with van der Waals surface area (Å²) in [4.78, 5) is 36.0. The number of H-pyrrole nitrogens is 1. The first kappa shape index (κ1) is 22.8. The van der Waals surface area contributed by atoms with E-state index in [9.17, 15) is 33.0 Å². The Kier molecular flexibility index (Phi) is 5.73. The van der Waals surface area contributed by atoms with Gasteiger partial charge >= 0.3 is 11.9 Å².